The van der Waals surface area contributed by atoms with Crippen molar-refractivity contribution in [3.8, 4) is 5.75 Å². The minimum Gasteiger partial charge on any atom is -0.494 e. The summed E-state index contributed by atoms with van der Waals surface area (Å²) < 4.78 is 6.96. The number of para-hydroxylation sites is 1. The fraction of sp³-hybridized carbons (Fsp3) is 0.333. The highest BCUT2D eigenvalue weighted by atomic mass is 127. The van der Waals surface area contributed by atoms with Crippen LogP contribution in [0, 0.1) is 3.57 Å². The Morgan fingerprint density at radius 3 is 2.48 bits per heavy atom. The van der Waals surface area contributed by atoms with Crippen molar-refractivity contribution >= 4 is 28.3 Å². The summed E-state index contributed by atoms with van der Waals surface area (Å²) in [6.45, 7) is 3.85. The number of halogens is 1. The first-order valence-corrected chi connectivity index (χ1v) is 8.57. The Kier molecular flexibility index (Phi) is 6.86. The first-order valence-electron chi connectivity index (χ1n) is 7.49. The first kappa shape index (κ1) is 16.1. The number of hydrogen-bond acceptors (Lipinski definition) is 2. The maximum absolute atomic E-state index is 5.72. The molecule has 0 heterocycles. The summed E-state index contributed by atoms with van der Waals surface area (Å²) in [5.74, 6) is 0.962. The monoisotopic (exact) mass is 395 g/mol. The van der Waals surface area contributed by atoms with E-state index in [9.17, 15) is 0 Å². The zero-order valence-electron chi connectivity index (χ0n) is 12.4. The molecule has 0 aliphatic heterocycles. The molecule has 0 aliphatic carbocycles. The van der Waals surface area contributed by atoms with E-state index < -0.39 is 0 Å². The van der Waals surface area contributed by atoms with Gasteiger partial charge in [-0.2, -0.15) is 0 Å². The van der Waals surface area contributed by atoms with Crippen molar-refractivity contribution in [2.45, 2.75) is 32.7 Å². The van der Waals surface area contributed by atoms with E-state index in [2.05, 4.69) is 83.4 Å². The van der Waals surface area contributed by atoms with Crippen LogP contribution in [0.15, 0.2) is 48.5 Å². The second-order valence-corrected chi connectivity index (χ2v) is 6.20. The SMILES string of the molecule is CCCCCOc1ccc(CNc2ccccc2I)cc1. The normalized spacial score (nSPS) is 10.4. The Hall–Kier alpha value is -1.23. The second kappa shape index (κ2) is 8.93. The van der Waals surface area contributed by atoms with Gasteiger partial charge >= 0.3 is 0 Å². The minimum atomic E-state index is 0.813. The number of anilines is 1. The van der Waals surface area contributed by atoms with Gasteiger partial charge in [0, 0.05) is 15.8 Å². The zero-order chi connectivity index (χ0) is 14.9. The molecule has 112 valence electrons. The molecule has 0 saturated heterocycles. The van der Waals surface area contributed by atoms with Crippen molar-refractivity contribution in [1.29, 1.82) is 0 Å². The fourth-order valence-electron chi connectivity index (χ4n) is 2.05. The van der Waals surface area contributed by atoms with Gasteiger partial charge in [0.25, 0.3) is 0 Å². The van der Waals surface area contributed by atoms with Gasteiger partial charge in [0.05, 0.1) is 6.61 Å². The average molecular weight is 395 g/mol. The zero-order valence-corrected chi connectivity index (χ0v) is 14.6. The fourth-order valence-corrected chi connectivity index (χ4v) is 2.63. The Morgan fingerprint density at radius 1 is 1.00 bits per heavy atom. The number of ether oxygens (including phenoxy) is 1. The molecule has 0 saturated carbocycles. The van der Waals surface area contributed by atoms with Crippen molar-refractivity contribution in [3.63, 3.8) is 0 Å². The van der Waals surface area contributed by atoms with Crippen LogP contribution >= 0.6 is 22.6 Å². The van der Waals surface area contributed by atoms with E-state index in [-0.39, 0.29) is 0 Å². The molecule has 0 aromatic heterocycles. The van der Waals surface area contributed by atoms with Crippen molar-refractivity contribution in [2.24, 2.45) is 0 Å². The van der Waals surface area contributed by atoms with Crippen LogP contribution in [-0.4, -0.2) is 6.61 Å². The summed E-state index contributed by atoms with van der Waals surface area (Å²) in [5.41, 5.74) is 2.44. The van der Waals surface area contributed by atoms with Crippen molar-refractivity contribution in [3.05, 3.63) is 57.7 Å². The Labute approximate surface area is 141 Å². The smallest absolute Gasteiger partial charge is 0.119 e. The third kappa shape index (κ3) is 5.58. The van der Waals surface area contributed by atoms with E-state index in [1.54, 1.807) is 0 Å². The maximum atomic E-state index is 5.72. The summed E-state index contributed by atoms with van der Waals surface area (Å²) in [6, 6.07) is 16.7. The summed E-state index contributed by atoms with van der Waals surface area (Å²) in [6.07, 6.45) is 3.59. The number of nitrogens with one attached hydrogen (secondary N) is 1. The lowest BCUT2D eigenvalue weighted by molar-refractivity contribution is 0.306. The first-order chi connectivity index (χ1) is 10.3. The molecular weight excluding hydrogens is 373 g/mol. The number of rotatable bonds is 8. The van der Waals surface area contributed by atoms with E-state index in [1.165, 1.54) is 27.7 Å². The number of unbranched alkanes of at least 4 members (excludes halogenated alkanes) is 2. The quantitative estimate of drug-likeness (QED) is 0.473. The van der Waals surface area contributed by atoms with Gasteiger partial charge in [0.2, 0.25) is 0 Å². The van der Waals surface area contributed by atoms with Crippen molar-refractivity contribution in [1.82, 2.24) is 0 Å². The molecule has 0 atom stereocenters. The molecule has 2 aromatic rings. The van der Waals surface area contributed by atoms with Crippen LogP contribution in [-0.2, 0) is 6.54 Å². The predicted octanol–water partition coefficient (Wildman–Crippen LogP) is 5.47. The van der Waals surface area contributed by atoms with Crippen LogP contribution < -0.4 is 10.1 Å². The van der Waals surface area contributed by atoms with E-state index in [4.69, 9.17) is 4.74 Å². The lowest BCUT2D eigenvalue weighted by Gasteiger charge is -2.10. The number of benzene rings is 2. The molecule has 0 radical (unpaired) electrons. The Morgan fingerprint density at radius 2 is 1.76 bits per heavy atom. The maximum Gasteiger partial charge on any atom is 0.119 e. The highest BCUT2D eigenvalue weighted by Gasteiger charge is 1.99. The van der Waals surface area contributed by atoms with Crippen LogP contribution in [0.4, 0.5) is 5.69 Å². The topological polar surface area (TPSA) is 21.3 Å². The average Bonchev–Trinajstić information content (AvgIpc) is 2.52. The van der Waals surface area contributed by atoms with Gasteiger partial charge < -0.3 is 10.1 Å². The van der Waals surface area contributed by atoms with E-state index in [0.717, 1.165) is 25.3 Å². The third-order valence-corrected chi connectivity index (χ3v) is 4.24. The van der Waals surface area contributed by atoms with Gasteiger partial charge in [-0.3, -0.25) is 0 Å². The molecular formula is C18H22INO. The summed E-state index contributed by atoms with van der Waals surface area (Å²) in [7, 11) is 0. The largest absolute Gasteiger partial charge is 0.494 e. The van der Waals surface area contributed by atoms with Crippen LogP contribution in [0.5, 0.6) is 5.75 Å². The van der Waals surface area contributed by atoms with E-state index in [1.807, 2.05) is 0 Å². The van der Waals surface area contributed by atoms with Crippen molar-refractivity contribution in [2.75, 3.05) is 11.9 Å². The molecule has 3 heteroatoms. The van der Waals surface area contributed by atoms with Crippen LogP contribution in [0.3, 0.4) is 0 Å². The van der Waals surface area contributed by atoms with Gasteiger partial charge in [-0.25, -0.2) is 0 Å². The van der Waals surface area contributed by atoms with Crippen LogP contribution in [0.25, 0.3) is 0 Å². The second-order valence-electron chi connectivity index (χ2n) is 5.03. The van der Waals surface area contributed by atoms with Crippen LogP contribution in [0.2, 0.25) is 0 Å². The summed E-state index contributed by atoms with van der Waals surface area (Å²) in [5, 5.41) is 3.46. The van der Waals surface area contributed by atoms with Gasteiger partial charge in [-0.1, -0.05) is 44.0 Å². The molecule has 2 nitrogen and oxygen atoms in total. The molecule has 0 bridgehead atoms. The highest BCUT2D eigenvalue weighted by Crippen LogP contribution is 2.19. The lowest BCUT2D eigenvalue weighted by atomic mass is 10.2. The lowest BCUT2D eigenvalue weighted by Crippen LogP contribution is -2.01. The summed E-state index contributed by atoms with van der Waals surface area (Å²) >= 11 is 2.35. The molecule has 0 amide bonds. The minimum absolute atomic E-state index is 0.813. The van der Waals surface area contributed by atoms with Crippen molar-refractivity contribution < 1.29 is 4.74 Å². The van der Waals surface area contributed by atoms with Gasteiger partial charge in [-0.15, -0.1) is 0 Å². The van der Waals surface area contributed by atoms with Gasteiger partial charge in [0.15, 0.2) is 0 Å². The highest BCUT2D eigenvalue weighted by molar-refractivity contribution is 14.1. The molecule has 0 fully saturated rings. The Balaban J connectivity index is 1.81. The molecule has 2 rings (SSSR count). The Bertz CT molecular complexity index is 539. The predicted molar refractivity (Wildman–Crippen MR) is 97.9 cm³/mol. The van der Waals surface area contributed by atoms with Gasteiger partial charge in [-0.05, 0) is 58.8 Å². The van der Waals surface area contributed by atoms with Gasteiger partial charge in [0.1, 0.15) is 5.75 Å². The summed E-state index contributed by atoms with van der Waals surface area (Å²) in [4.78, 5) is 0. The number of hydrogen-bond donors (Lipinski definition) is 1. The molecule has 2 aromatic carbocycles. The molecule has 0 aliphatic rings. The molecule has 0 spiro atoms. The third-order valence-electron chi connectivity index (χ3n) is 3.30. The van der Waals surface area contributed by atoms with E-state index in [0.29, 0.717) is 0 Å². The molecule has 21 heavy (non-hydrogen) atoms. The molecule has 0 unspecified atom stereocenters. The van der Waals surface area contributed by atoms with E-state index >= 15 is 0 Å². The standard InChI is InChI=1S/C18H22INO/c1-2-3-6-13-21-16-11-9-15(10-12-16)14-20-18-8-5-4-7-17(18)19/h4-5,7-12,20H,2-3,6,13-14H2,1H3. The molecule has 1 N–H and O–H groups in total. The van der Waals surface area contributed by atoms with Crippen LogP contribution in [0.1, 0.15) is 31.7 Å².